The fourth-order valence-electron chi connectivity index (χ4n) is 3.71. The highest BCUT2D eigenvalue weighted by Crippen LogP contribution is 2.39. The van der Waals surface area contributed by atoms with Crippen molar-refractivity contribution in [2.75, 3.05) is 6.54 Å². The summed E-state index contributed by atoms with van der Waals surface area (Å²) in [5.74, 6) is -1.58. The summed E-state index contributed by atoms with van der Waals surface area (Å²) in [5.41, 5.74) is 1.17. The number of hydrogen-bond donors (Lipinski definition) is 1. The number of imidazole rings is 1. The van der Waals surface area contributed by atoms with Gasteiger partial charge in [-0.1, -0.05) is 35.3 Å². The summed E-state index contributed by atoms with van der Waals surface area (Å²) >= 11 is 12.0. The minimum absolute atomic E-state index is 0.0530. The number of aryl methyl sites for hydroxylation is 1. The quantitative estimate of drug-likeness (QED) is 0.332. The minimum Gasteiger partial charge on any atom is -0.507 e. The summed E-state index contributed by atoms with van der Waals surface area (Å²) in [6, 6.07) is 12.7. The maximum absolute atomic E-state index is 13.0. The van der Waals surface area contributed by atoms with Gasteiger partial charge in [0, 0.05) is 41.1 Å². The monoisotopic (exact) mass is 455 g/mol. The van der Waals surface area contributed by atoms with Crippen LogP contribution in [-0.4, -0.2) is 37.8 Å². The lowest BCUT2D eigenvalue weighted by molar-refractivity contribution is -0.139. The van der Waals surface area contributed by atoms with Crippen LogP contribution in [0.5, 0.6) is 0 Å². The molecule has 0 aliphatic carbocycles. The van der Waals surface area contributed by atoms with Gasteiger partial charge in [0.1, 0.15) is 5.76 Å². The summed E-state index contributed by atoms with van der Waals surface area (Å²) in [4.78, 5) is 31.4. The van der Waals surface area contributed by atoms with Crippen LogP contribution < -0.4 is 0 Å². The van der Waals surface area contributed by atoms with Crippen LogP contribution in [0.3, 0.4) is 0 Å². The molecule has 0 saturated carbocycles. The first-order valence-electron chi connectivity index (χ1n) is 9.71. The van der Waals surface area contributed by atoms with Gasteiger partial charge >= 0.3 is 0 Å². The lowest BCUT2D eigenvalue weighted by Crippen LogP contribution is -2.31. The Bertz CT molecular complexity index is 1120. The van der Waals surface area contributed by atoms with Crippen molar-refractivity contribution in [3.63, 3.8) is 0 Å². The number of Topliss-reactive ketones (excluding diaryl/α,β-unsaturated/α-hetero) is 1. The number of hydrogen-bond acceptors (Lipinski definition) is 4. The highest BCUT2D eigenvalue weighted by molar-refractivity contribution is 6.46. The second-order valence-electron chi connectivity index (χ2n) is 7.20. The van der Waals surface area contributed by atoms with E-state index in [-0.39, 0.29) is 11.3 Å². The van der Waals surface area contributed by atoms with Crippen molar-refractivity contribution in [2.24, 2.45) is 0 Å². The molecule has 1 amide bonds. The third-order valence-electron chi connectivity index (χ3n) is 5.22. The van der Waals surface area contributed by atoms with Crippen LogP contribution in [0, 0.1) is 0 Å². The van der Waals surface area contributed by atoms with Gasteiger partial charge in [0.15, 0.2) is 0 Å². The van der Waals surface area contributed by atoms with Crippen LogP contribution in [0.4, 0.5) is 0 Å². The molecule has 0 spiro atoms. The fraction of sp³-hybridized carbons (Fsp3) is 0.174. The Balaban J connectivity index is 1.72. The number of aliphatic hydroxyl groups is 1. The van der Waals surface area contributed by atoms with E-state index in [1.54, 1.807) is 61.1 Å². The minimum atomic E-state index is -0.713. The Morgan fingerprint density at radius 1 is 0.968 bits per heavy atom. The largest absolute Gasteiger partial charge is 0.507 e. The third kappa shape index (κ3) is 4.36. The van der Waals surface area contributed by atoms with E-state index in [0.29, 0.717) is 40.7 Å². The second-order valence-corrected chi connectivity index (χ2v) is 8.08. The maximum atomic E-state index is 13.0. The Labute approximate surface area is 189 Å². The van der Waals surface area contributed by atoms with Crippen molar-refractivity contribution in [1.29, 1.82) is 0 Å². The van der Waals surface area contributed by atoms with E-state index >= 15 is 0 Å². The Kier molecular flexibility index (Phi) is 6.11. The molecular formula is C23H19Cl2N3O3. The maximum Gasteiger partial charge on any atom is 0.295 e. The van der Waals surface area contributed by atoms with E-state index in [9.17, 15) is 14.7 Å². The molecule has 31 heavy (non-hydrogen) atoms. The van der Waals surface area contributed by atoms with Crippen LogP contribution in [0.2, 0.25) is 10.0 Å². The van der Waals surface area contributed by atoms with E-state index in [1.807, 2.05) is 10.8 Å². The van der Waals surface area contributed by atoms with Crippen LogP contribution in [-0.2, 0) is 16.1 Å². The molecule has 1 aromatic heterocycles. The summed E-state index contributed by atoms with van der Waals surface area (Å²) in [6.07, 6.45) is 5.84. The number of amides is 1. The van der Waals surface area contributed by atoms with Gasteiger partial charge < -0.3 is 14.6 Å². The number of halogens is 2. The molecule has 0 radical (unpaired) electrons. The predicted molar refractivity (Wildman–Crippen MR) is 119 cm³/mol. The van der Waals surface area contributed by atoms with Gasteiger partial charge in [0.05, 0.1) is 17.9 Å². The van der Waals surface area contributed by atoms with Gasteiger partial charge in [-0.3, -0.25) is 9.59 Å². The van der Waals surface area contributed by atoms with Crippen LogP contribution >= 0.6 is 23.2 Å². The highest BCUT2D eigenvalue weighted by atomic mass is 35.5. The number of rotatable bonds is 6. The number of likely N-dealkylation sites (tertiary alicyclic amines) is 1. The first-order chi connectivity index (χ1) is 15.0. The van der Waals surface area contributed by atoms with Gasteiger partial charge in [0.2, 0.25) is 0 Å². The summed E-state index contributed by atoms with van der Waals surface area (Å²) in [6.45, 7) is 0.987. The third-order valence-corrected chi connectivity index (χ3v) is 5.72. The van der Waals surface area contributed by atoms with Gasteiger partial charge in [-0.25, -0.2) is 4.98 Å². The average Bonchev–Trinajstić information content (AvgIpc) is 3.37. The van der Waals surface area contributed by atoms with E-state index in [1.165, 1.54) is 4.90 Å². The number of carbonyl (C=O) groups excluding carboxylic acids is 2. The van der Waals surface area contributed by atoms with Gasteiger partial charge in [-0.05, 0) is 48.4 Å². The van der Waals surface area contributed by atoms with E-state index in [4.69, 9.17) is 23.2 Å². The molecule has 6 nitrogen and oxygen atoms in total. The predicted octanol–water partition coefficient (Wildman–Crippen LogP) is 4.70. The molecule has 158 valence electrons. The molecule has 0 unspecified atom stereocenters. The van der Waals surface area contributed by atoms with Crippen LogP contribution in [0.15, 0.2) is 72.8 Å². The lowest BCUT2D eigenvalue weighted by Gasteiger charge is -2.25. The van der Waals surface area contributed by atoms with Crippen molar-refractivity contribution in [3.05, 3.63) is 94.0 Å². The second kappa shape index (κ2) is 8.96. The summed E-state index contributed by atoms with van der Waals surface area (Å²) in [7, 11) is 0. The number of aliphatic hydroxyl groups excluding tert-OH is 1. The number of benzene rings is 2. The van der Waals surface area contributed by atoms with Crippen molar-refractivity contribution < 1.29 is 14.7 Å². The Hall–Kier alpha value is -3.09. The lowest BCUT2D eigenvalue weighted by atomic mass is 9.95. The SMILES string of the molecule is O=C1C(=O)N(CCCn2ccnc2)[C@@H](c2ccc(Cl)cc2)/C1=C(\O)c1ccc(Cl)cc1. The van der Waals surface area contributed by atoms with Crippen LogP contribution in [0.1, 0.15) is 23.6 Å². The zero-order valence-corrected chi connectivity index (χ0v) is 17.9. The number of ketones is 1. The number of nitrogens with zero attached hydrogens (tertiary/aromatic N) is 3. The van der Waals surface area contributed by atoms with Crippen molar-refractivity contribution in [3.8, 4) is 0 Å². The molecule has 1 fully saturated rings. The smallest absolute Gasteiger partial charge is 0.295 e. The zero-order chi connectivity index (χ0) is 22.0. The molecule has 1 atom stereocenters. The molecule has 2 aromatic carbocycles. The normalized spacial score (nSPS) is 18.0. The van der Waals surface area contributed by atoms with Crippen molar-refractivity contribution >= 4 is 40.7 Å². The molecule has 0 bridgehead atoms. The van der Waals surface area contributed by atoms with E-state index in [2.05, 4.69) is 4.98 Å². The Morgan fingerprint density at radius 3 is 2.23 bits per heavy atom. The van der Waals surface area contributed by atoms with E-state index < -0.39 is 17.7 Å². The molecule has 8 heteroatoms. The molecular weight excluding hydrogens is 437 g/mol. The molecule has 4 rings (SSSR count). The van der Waals surface area contributed by atoms with Gasteiger partial charge in [-0.15, -0.1) is 0 Å². The topological polar surface area (TPSA) is 75.4 Å². The van der Waals surface area contributed by atoms with E-state index in [0.717, 1.165) is 0 Å². The van der Waals surface area contributed by atoms with Gasteiger partial charge in [0.25, 0.3) is 11.7 Å². The molecule has 2 heterocycles. The highest BCUT2D eigenvalue weighted by Gasteiger charge is 2.45. The van der Waals surface area contributed by atoms with Crippen molar-refractivity contribution in [1.82, 2.24) is 14.5 Å². The molecule has 1 aliphatic heterocycles. The number of aromatic nitrogens is 2. The van der Waals surface area contributed by atoms with Crippen molar-refractivity contribution in [2.45, 2.75) is 19.0 Å². The first-order valence-corrected chi connectivity index (χ1v) is 10.5. The molecule has 1 N–H and O–H groups in total. The number of carbonyl (C=O) groups is 2. The zero-order valence-electron chi connectivity index (χ0n) is 16.4. The molecule has 3 aromatic rings. The average molecular weight is 456 g/mol. The summed E-state index contributed by atoms with van der Waals surface area (Å²) in [5, 5.41) is 12.0. The standard InChI is InChI=1S/C23H19Cl2N3O3/c24-17-6-2-15(3-7-17)20-19(21(29)16-4-8-18(25)9-5-16)22(30)23(31)28(20)12-1-11-27-13-10-26-14-27/h2-10,13-14,20,29H,1,11-12H2/b21-19+/t20-/m0/s1. The fourth-order valence-corrected chi connectivity index (χ4v) is 3.96. The molecule has 1 saturated heterocycles. The Morgan fingerprint density at radius 2 is 1.61 bits per heavy atom. The summed E-state index contributed by atoms with van der Waals surface area (Å²) < 4.78 is 1.90. The van der Waals surface area contributed by atoms with Crippen LogP contribution in [0.25, 0.3) is 5.76 Å². The molecule has 1 aliphatic rings. The van der Waals surface area contributed by atoms with Gasteiger partial charge in [-0.2, -0.15) is 0 Å². The first kappa shape index (κ1) is 21.2.